The number of piperidine rings is 1. The summed E-state index contributed by atoms with van der Waals surface area (Å²) >= 11 is 0. The van der Waals surface area contributed by atoms with Gasteiger partial charge in [-0.05, 0) is 25.0 Å². The Bertz CT molecular complexity index is 698. The zero-order valence-corrected chi connectivity index (χ0v) is 10.9. The van der Waals surface area contributed by atoms with Crippen molar-refractivity contribution in [1.82, 2.24) is 4.90 Å². The number of hydrogen-bond acceptors (Lipinski definition) is 4. The fraction of sp³-hybridized carbons (Fsp3) is 0.333. The Hall–Kier alpha value is -2.14. The second kappa shape index (κ2) is 5.09. The summed E-state index contributed by atoms with van der Waals surface area (Å²) in [6, 6.07) is 8.11. The topological polar surface area (TPSA) is 70.8 Å². The van der Waals surface area contributed by atoms with Gasteiger partial charge in [0.05, 0.1) is 11.5 Å². The van der Waals surface area contributed by atoms with Crippen molar-refractivity contribution in [3.63, 3.8) is 0 Å². The number of carbonyl (C=O) groups is 1. The Morgan fingerprint density at radius 1 is 1.25 bits per heavy atom. The standard InChI is InChI=1S/C15H15NO4/c17-10-5-7-16(8-6-10)15(19)14-9-12(18)11-3-1-2-4-13(11)20-14/h1-4,9-10,17H,5-8H2. The molecule has 5 nitrogen and oxygen atoms in total. The van der Waals surface area contributed by atoms with Crippen molar-refractivity contribution in [2.24, 2.45) is 0 Å². The molecule has 104 valence electrons. The molecule has 1 N–H and O–H groups in total. The Balaban J connectivity index is 1.94. The molecular formula is C15H15NO4. The van der Waals surface area contributed by atoms with Gasteiger partial charge in [-0.1, -0.05) is 12.1 Å². The number of likely N-dealkylation sites (tertiary alicyclic amines) is 1. The largest absolute Gasteiger partial charge is 0.451 e. The Morgan fingerprint density at radius 3 is 2.70 bits per heavy atom. The van der Waals surface area contributed by atoms with E-state index >= 15 is 0 Å². The average molecular weight is 273 g/mol. The minimum absolute atomic E-state index is 0.0603. The summed E-state index contributed by atoms with van der Waals surface area (Å²) < 4.78 is 5.53. The minimum atomic E-state index is -0.345. The maximum Gasteiger partial charge on any atom is 0.289 e. The van der Waals surface area contributed by atoms with E-state index in [0.717, 1.165) is 0 Å². The van der Waals surface area contributed by atoms with Crippen LogP contribution >= 0.6 is 0 Å². The number of amides is 1. The molecule has 3 rings (SSSR count). The Kier molecular flexibility index (Phi) is 3.28. The van der Waals surface area contributed by atoms with Crippen molar-refractivity contribution in [2.45, 2.75) is 18.9 Å². The highest BCUT2D eigenvalue weighted by molar-refractivity contribution is 5.93. The second-order valence-electron chi connectivity index (χ2n) is 4.99. The van der Waals surface area contributed by atoms with Gasteiger partial charge < -0.3 is 14.4 Å². The number of aliphatic hydroxyl groups excluding tert-OH is 1. The second-order valence-corrected chi connectivity index (χ2v) is 4.99. The van der Waals surface area contributed by atoms with Gasteiger partial charge in [0.1, 0.15) is 5.58 Å². The molecular weight excluding hydrogens is 258 g/mol. The van der Waals surface area contributed by atoms with Gasteiger partial charge >= 0.3 is 0 Å². The Morgan fingerprint density at radius 2 is 1.95 bits per heavy atom. The average Bonchev–Trinajstić information content (AvgIpc) is 2.47. The molecule has 1 aliphatic rings. The third kappa shape index (κ3) is 2.32. The van der Waals surface area contributed by atoms with Crippen LogP contribution in [-0.4, -0.2) is 35.1 Å². The van der Waals surface area contributed by atoms with Gasteiger partial charge in [-0.2, -0.15) is 0 Å². The van der Waals surface area contributed by atoms with E-state index in [1.165, 1.54) is 6.07 Å². The molecule has 1 aromatic carbocycles. The van der Waals surface area contributed by atoms with Crippen LogP contribution in [0.1, 0.15) is 23.4 Å². The van der Waals surface area contributed by atoms with Crippen molar-refractivity contribution in [3.05, 3.63) is 46.3 Å². The predicted molar refractivity (Wildman–Crippen MR) is 73.6 cm³/mol. The van der Waals surface area contributed by atoms with E-state index in [2.05, 4.69) is 0 Å². The lowest BCUT2D eigenvalue weighted by atomic mass is 10.1. The normalized spacial score (nSPS) is 16.6. The van der Waals surface area contributed by atoms with Crippen LogP contribution in [0.2, 0.25) is 0 Å². The first-order valence-corrected chi connectivity index (χ1v) is 6.65. The summed E-state index contributed by atoms with van der Waals surface area (Å²) in [6.07, 6.45) is 0.773. The maximum absolute atomic E-state index is 12.3. The molecule has 0 saturated carbocycles. The minimum Gasteiger partial charge on any atom is -0.451 e. The lowest BCUT2D eigenvalue weighted by Crippen LogP contribution is -2.40. The molecule has 2 aromatic rings. The number of carbonyl (C=O) groups excluding carboxylic acids is 1. The quantitative estimate of drug-likeness (QED) is 0.852. The zero-order chi connectivity index (χ0) is 14.1. The van der Waals surface area contributed by atoms with Gasteiger partial charge in [0.15, 0.2) is 11.2 Å². The monoisotopic (exact) mass is 273 g/mol. The molecule has 20 heavy (non-hydrogen) atoms. The number of benzene rings is 1. The van der Waals surface area contributed by atoms with Crippen LogP contribution in [-0.2, 0) is 0 Å². The molecule has 5 heteroatoms. The molecule has 2 heterocycles. The van der Waals surface area contributed by atoms with Crippen LogP contribution in [0, 0.1) is 0 Å². The van der Waals surface area contributed by atoms with Crippen molar-refractivity contribution in [3.8, 4) is 0 Å². The summed E-state index contributed by atoms with van der Waals surface area (Å²) in [7, 11) is 0. The van der Waals surface area contributed by atoms with Gasteiger partial charge in [-0.25, -0.2) is 0 Å². The third-order valence-electron chi connectivity index (χ3n) is 3.60. The molecule has 1 fully saturated rings. The molecule has 0 spiro atoms. The molecule has 1 amide bonds. The van der Waals surface area contributed by atoms with Gasteiger partial charge in [-0.3, -0.25) is 9.59 Å². The van der Waals surface area contributed by atoms with Crippen LogP contribution in [0.3, 0.4) is 0 Å². The summed E-state index contributed by atoms with van der Waals surface area (Å²) in [5.74, 6) is -0.232. The van der Waals surface area contributed by atoms with Gasteiger partial charge in [0.2, 0.25) is 0 Å². The van der Waals surface area contributed by atoms with Crippen LogP contribution in [0.5, 0.6) is 0 Å². The van der Waals surface area contributed by atoms with Crippen LogP contribution in [0.25, 0.3) is 11.0 Å². The highest BCUT2D eigenvalue weighted by atomic mass is 16.3. The van der Waals surface area contributed by atoms with E-state index in [4.69, 9.17) is 4.42 Å². The number of nitrogens with zero attached hydrogens (tertiary/aromatic N) is 1. The molecule has 1 saturated heterocycles. The number of fused-ring (bicyclic) bond motifs is 1. The maximum atomic E-state index is 12.3. The van der Waals surface area contributed by atoms with Crippen LogP contribution in [0.15, 0.2) is 39.5 Å². The molecule has 1 aliphatic heterocycles. The van der Waals surface area contributed by atoms with Crippen LogP contribution < -0.4 is 5.43 Å². The lowest BCUT2D eigenvalue weighted by Gasteiger charge is -2.29. The van der Waals surface area contributed by atoms with E-state index in [0.29, 0.717) is 36.9 Å². The highest BCUT2D eigenvalue weighted by Crippen LogP contribution is 2.16. The zero-order valence-electron chi connectivity index (χ0n) is 10.9. The van der Waals surface area contributed by atoms with Gasteiger partial charge in [0.25, 0.3) is 5.91 Å². The molecule has 0 unspecified atom stereocenters. The molecule has 0 atom stereocenters. The van der Waals surface area contributed by atoms with E-state index in [9.17, 15) is 14.7 Å². The third-order valence-corrected chi connectivity index (χ3v) is 3.60. The molecule has 0 bridgehead atoms. The smallest absolute Gasteiger partial charge is 0.289 e. The number of para-hydroxylation sites is 1. The van der Waals surface area contributed by atoms with Crippen molar-refractivity contribution in [1.29, 1.82) is 0 Å². The fourth-order valence-electron chi connectivity index (χ4n) is 2.43. The van der Waals surface area contributed by atoms with Gasteiger partial charge in [-0.15, -0.1) is 0 Å². The first-order valence-electron chi connectivity index (χ1n) is 6.65. The number of aliphatic hydroxyl groups is 1. The predicted octanol–water partition coefficient (Wildman–Crippen LogP) is 1.39. The van der Waals surface area contributed by atoms with Crippen molar-refractivity contribution in [2.75, 3.05) is 13.1 Å². The summed E-state index contributed by atoms with van der Waals surface area (Å²) in [5, 5.41) is 9.92. The fourth-order valence-corrected chi connectivity index (χ4v) is 2.43. The number of hydrogen-bond donors (Lipinski definition) is 1. The highest BCUT2D eigenvalue weighted by Gasteiger charge is 2.24. The van der Waals surface area contributed by atoms with Crippen LogP contribution in [0.4, 0.5) is 0 Å². The van der Waals surface area contributed by atoms with E-state index in [1.54, 1.807) is 29.2 Å². The molecule has 0 aliphatic carbocycles. The van der Waals surface area contributed by atoms with Gasteiger partial charge in [0, 0.05) is 19.2 Å². The first kappa shape index (κ1) is 12.9. The molecule has 0 radical (unpaired) electrons. The van der Waals surface area contributed by atoms with E-state index in [-0.39, 0.29) is 23.2 Å². The number of rotatable bonds is 1. The van der Waals surface area contributed by atoms with Crippen molar-refractivity contribution < 1.29 is 14.3 Å². The summed E-state index contributed by atoms with van der Waals surface area (Å²) in [4.78, 5) is 25.9. The summed E-state index contributed by atoms with van der Waals surface area (Å²) in [5.41, 5.74) is 0.202. The summed E-state index contributed by atoms with van der Waals surface area (Å²) in [6.45, 7) is 0.965. The van der Waals surface area contributed by atoms with E-state index < -0.39 is 0 Å². The first-order chi connectivity index (χ1) is 9.65. The Labute approximate surface area is 115 Å². The lowest BCUT2D eigenvalue weighted by molar-refractivity contribution is 0.0520. The molecule has 1 aromatic heterocycles. The van der Waals surface area contributed by atoms with Crippen molar-refractivity contribution >= 4 is 16.9 Å². The SMILES string of the molecule is O=C(c1cc(=O)c2ccccc2o1)N1CCC(O)CC1. The van der Waals surface area contributed by atoms with E-state index in [1.807, 2.05) is 0 Å².